The Morgan fingerprint density at radius 3 is 2.68 bits per heavy atom. The fourth-order valence-electron chi connectivity index (χ4n) is 2.01. The van der Waals surface area contributed by atoms with Crippen LogP contribution in [0.1, 0.15) is 32.8 Å². The average molecular weight is 304 g/mol. The lowest BCUT2D eigenvalue weighted by Crippen LogP contribution is -2.29. The Hall–Kier alpha value is -2.30. The van der Waals surface area contributed by atoms with Gasteiger partial charge in [0, 0.05) is 17.5 Å². The highest BCUT2D eigenvalue weighted by molar-refractivity contribution is 5.81. The first-order chi connectivity index (χ1) is 10.4. The predicted molar refractivity (Wildman–Crippen MR) is 83.2 cm³/mol. The van der Waals surface area contributed by atoms with E-state index in [-0.39, 0.29) is 6.10 Å². The van der Waals surface area contributed by atoms with Gasteiger partial charge in [0.2, 0.25) is 0 Å². The lowest BCUT2D eigenvalue weighted by atomic mass is 10.1. The second kappa shape index (κ2) is 6.64. The summed E-state index contributed by atoms with van der Waals surface area (Å²) >= 11 is 0. The van der Waals surface area contributed by atoms with Crippen molar-refractivity contribution < 1.29 is 18.7 Å². The fraction of sp³-hybridized carbons (Fsp3) is 0.412. The molecule has 0 aliphatic rings. The number of rotatable bonds is 5. The Balaban J connectivity index is 2.18. The Morgan fingerprint density at radius 1 is 1.27 bits per heavy atom. The Labute approximate surface area is 128 Å². The van der Waals surface area contributed by atoms with Gasteiger partial charge < -0.3 is 13.9 Å². The topological polar surface area (TPSA) is 65.7 Å². The van der Waals surface area contributed by atoms with Crippen LogP contribution in [0.3, 0.4) is 0 Å². The predicted octanol–water partition coefficient (Wildman–Crippen LogP) is 3.21. The van der Waals surface area contributed by atoms with Gasteiger partial charge in [-0.25, -0.2) is 9.59 Å². The van der Waals surface area contributed by atoms with Crippen molar-refractivity contribution in [3.05, 3.63) is 40.2 Å². The van der Waals surface area contributed by atoms with E-state index in [9.17, 15) is 9.59 Å². The average Bonchev–Trinajstić information content (AvgIpc) is 2.46. The molecule has 0 saturated carbocycles. The third-order valence-electron chi connectivity index (χ3n) is 3.46. The maximum atomic E-state index is 11.9. The summed E-state index contributed by atoms with van der Waals surface area (Å²) in [6.45, 7) is 7.24. The van der Waals surface area contributed by atoms with Crippen LogP contribution in [0.4, 0.5) is 0 Å². The molecule has 2 rings (SSSR count). The summed E-state index contributed by atoms with van der Waals surface area (Å²) in [5.41, 5.74) is 0.860. The van der Waals surface area contributed by atoms with Gasteiger partial charge in [0.05, 0.1) is 6.10 Å². The highest BCUT2D eigenvalue weighted by atomic mass is 16.6. The van der Waals surface area contributed by atoms with Gasteiger partial charge in [0.25, 0.3) is 0 Å². The normalized spacial score (nSPS) is 13.6. The monoisotopic (exact) mass is 304 g/mol. The molecule has 0 fully saturated rings. The number of hydrogen-bond acceptors (Lipinski definition) is 5. The molecule has 0 spiro atoms. The maximum Gasteiger partial charge on any atom is 0.347 e. The summed E-state index contributed by atoms with van der Waals surface area (Å²) in [6, 6.07) is 6.59. The van der Waals surface area contributed by atoms with Crippen molar-refractivity contribution in [2.75, 3.05) is 0 Å². The van der Waals surface area contributed by atoms with E-state index >= 15 is 0 Å². The molecule has 118 valence electrons. The summed E-state index contributed by atoms with van der Waals surface area (Å²) in [5, 5.41) is 0.835. The molecule has 0 radical (unpaired) electrons. The Bertz CT molecular complexity index is 731. The first kappa shape index (κ1) is 16.1. The van der Waals surface area contributed by atoms with Crippen molar-refractivity contribution in [3.63, 3.8) is 0 Å². The second-order valence-electron chi connectivity index (χ2n) is 5.32. The molecule has 0 unspecified atom stereocenters. The molecule has 22 heavy (non-hydrogen) atoms. The number of esters is 1. The van der Waals surface area contributed by atoms with E-state index in [0.717, 1.165) is 17.4 Å². The minimum Gasteiger partial charge on any atom is -0.479 e. The van der Waals surface area contributed by atoms with Crippen molar-refractivity contribution in [1.29, 1.82) is 0 Å². The van der Waals surface area contributed by atoms with Crippen LogP contribution >= 0.6 is 0 Å². The lowest BCUT2D eigenvalue weighted by molar-refractivity contribution is -0.155. The summed E-state index contributed by atoms with van der Waals surface area (Å²) in [7, 11) is 0. The summed E-state index contributed by atoms with van der Waals surface area (Å²) < 4.78 is 16.0. The number of hydrogen-bond donors (Lipinski definition) is 0. The summed E-state index contributed by atoms with van der Waals surface area (Å²) in [6.07, 6.45) is -0.127. The van der Waals surface area contributed by atoms with Gasteiger partial charge in [-0.1, -0.05) is 6.92 Å². The number of benzene rings is 1. The number of fused-ring (bicyclic) bond motifs is 1. The van der Waals surface area contributed by atoms with Crippen LogP contribution < -0.4 is 10.4 Å². The quantitative estimate of drug-likeness (QED) is 0.627. The zero-order valence-electron chi connectivity index (χ0n) is 13.2. The first-order valence-corrected chi connectivity index (χ1v) is 7.32. The molecule has 1 heterocycles. The van der Waals surface area contributed by atoms with E-state index in [1.165, 1.54) is 6.07 Å². The molecular weight excluding hydrogens is 284 g/mol. The number of ether oxygens (including phenoxy) is 2. The smallest absolute Gasteiger partial charge is 0.347 e. The van der Waals surface area contributed by atoms with E-state index in [1.54, 1.807) is 25.1 Å². The zero-order valence-corrected chi connectivity index (χ0v) is 13.2. The maximum absolute atomic E-state index is 11.9. The highest BCUT2D eigenvalue weighted by Gasteiger charge is 2.18. The van der Waals surface area contributed by atoms with Gasteiger partial charge in [0.15, 0.2) is 6.10 Å². The lowest BCUT2D eigenvalue weighted by Gasteiger charge is -2.17. The molecule has 1 aromatic heterocycles. The molecule has 5 nitrogen and oxygen atoms in total. The van der Waals surface area contributed by atoms with Crippen LogP contribution in [0.15, 0.2) is 33.5 Å². The van der Waals surface area contributed by atoms with Crippen molar-refractivity contribution >= 4 is 16.9 Å². The van der Waals surface area contributed by atoms with Gasteiger partial charge in [0.1, 0.15) is 11.3 Å². The van der Waals surface area contributed by atoms with Crippen LogP contribution in [0.25, 0.3) is 11.0 Å². The van der Waals surface area contributed by atoms with Gasteiger partial charge >= 0.3 is 11.6 Å². The third kappa shape index (κ3) is 3.67. The summed E-state index contributed by atoms with van der Waals surface area (Å²) in [5.74, 6) is 0.0370. The minimum atomic E-state index is -0.733. The number of aryl methyl sites for hydroxylation is 1. The van der Waals surface area contributed by atoms with Gasteiger partial charge in [-0.2, -0.15) is 0 Å². The SMILES string of the molecule is CC[C@H](C)OC(=O)[C@@H](C)Oc1ccc2c(C)cc(=O)oc2c1. The second-order valence-corrected chi connectivity index (χ2v) is 5.32. The van der Waals surface area contributed by atoms with Gasteiger partial charge in [-0.3, -0.25) is 0 Å². The first-order valence-electron chi connectivity index (χ1n) is 7.32. The molecule has 0 aliphatic heterocycles. The molecule has 0 amide bonds. The molecule has 1 aromatic carbocycles. The number of carbonyl (C=O) groups excluding carboxylic acids is 1. The van der Waals surface area contributed by atoms with E-state index in [2.05, 4.69) is 0 Å². The third-order valence-corrected chi connectivity index (χ3v) is 3.46. The zero-order chi connectivity index (χ0) is 16.3. The molecule has 2 aromatic rings. The van der Waals surface area contributed by atoms with Crippen molar-refractivity contribution in [2.45, 2.75) is 46.3 Å². The van der Waals surface area contributed by atoms with Crippen LogP contribution in [0, 0.1) is 6.92 Å². The minimum absolute atomic E-state index is 0.143. The van der Waals surface area contributed by atoms with Crippen LogP contribution in [-0.4, -0.2) is 18.2 Å². The molecular formula is C17H20O5. The van der Waals surface area contributed by atoms with E-state index in [4.69, 9.17) is 13.9 Å². The van der Waals surface area contributed by atoms with Crippen LogP contribution in [0.2, 0.25) is 0 Å². The molecule has 2 atom stereocenters. The molecule has 5 heteroatoms. The Kier molecular flexibility index (Phi) is 4.85. The highest BCUT2D eigenvalue weighted by Crippen LogP contribution is 2.23. The molecule has 0 N–H and O–H groups in total. The molecule has 0 saturated heterocycles. The van der Waals surface area contributed by atoms with Crippen molar-refractivity contribution in [3.8, 4) is 5.75 Å². The molecule has 0 bridgehead atoms. The van der Waals surface area contributed by atoms with E-state index in [1.807, 2.05) is 20.8 Å². The van der Waals surface area contributed by atoms with Gasteiger partial charge in [-0.05, 0) is 44.9 Å². The summed E-state index contributed by atoms with van der Waals surface area (Å²) in [4.78, 5) is 23.3. The number of carbonyl (C=O) groups is 1. The van der Waals surface area contributed by atoms with Gasteiger partial charge in [-0.15, -0.1) is 0 Å². The van der Waals surface area contributed by atoms with Crippen LogP contribution in [-0.2, 0) is 9.53 Å². The van der Waals surface area contributed by atoms with E-state index in [0.29, 0.717) is 11.3 Å². The largest absolute Gasteiger partial charge is 0.479 e. The molecule has 0 aliphatic carbocycles. The van der Waals surface area contributed by atoms with Crippen molar-refractivity contribution in [2.24, 2.45) is 0 Å². The standard InChI is InChI=1S/C17H20O5/c1-5-11(3)20-17(19)12(4)21-13-6-7-14-10(2)8-16(18)22-15(14)9-13/h6-9,11-12H,5H2,1-4H3/t11-,12+/m0/s1. The fourth-order valence-corrected chi connectivity index (χ4v) is 2.01. The van der Waals surface area contributed by atoms with Crippen LogP contribution in [0.5, 0.6) is 5.75 Å². The van der Waals surface area contributed by atoms with Crippen molar-refractivity contribution in [1.82, 2.24) is 0 Å². The Morgan fingerprint density at radius 2 is 2.00 bits per heavy atom. The van der Waals surface area contributed by atoms with E-state index < -0.39 is 17.7 Å².